The van der Waals surface area contributed by atoms with Gasteiger partial charge in [0.05, 0.1) is 32.2 Å². The second-order valence-corrected chi connectivity index (χ2v) is 6.88. The Balaban J connectivity index is 1.80. The van der Waals surface area contributed by atoms with Gasteiger partial charge < -0.3 is 19.8 Å². The third-order valence-corrected chi connectivity index (χ3v) is 4.96. The molecule has 29 heavy (non-hydrogen) atoms. The summed E-state index contributed by atoms with van der Waals surface area (Å²) in [6.45, 7) is 0.346. The minimum Gasteiger partial charge on any atom is -0.497 e. The van der Waals surface area contributed by atoms with Gasteiger partial charge in [-0.05, 0) is 24.3 Å². The van der Waals surface area contributed by atoms with Gasteiger partial charge in [-0.15, -0.1) is 10.2 Å². The highest BCUT2D eigenvalue weighted by Crippen LogP contribution is 2.27. The number of benzene rings is 1. The lowest BCUT2D eigenvalue weighted by Crippen LogP contribution is -2.36. The van der Waals surface area contributed by atoms with E-state index in [-0.39, 0.29) is 24.1 Å². The molecular formula is C19H21N5O4S. The van der Waals surface area contributed by atoms with E-state index in [2.05, 4.69) is 20.8 Å². The Morgan fingerprint density at radius 3 is 2.79 bits per heavy atom. The molecule has 152 valence electrons. The van der Waals surface area contributed by atoms with Crippen molar-refractivity contribution >= 4 is 23.6 Å². The zero-order valence-corrected chi connectivity index (χ0v) is 16.9. The highest BCUT2D eigenvalue weighted by molar-refractivity contribution is 7.99. The van der Waals surface area contributed by atoms with E-state index >= 15 is 0 Å². The van der Waals surface area contributed by atoms with Gasteiger partial charge in [0.1, 0.15) is 11.5 Å². The van der Waals surface area contributed by atoms with Crippen LogP contribution in [0.5, 0.6) is 5.75 Å². The van der Waals surface area contributed by atoms with Gasteiger partial charge in [0.15, 0.2) is 11.0 Å². The first-order chi connectivity index (χ1) is 14.1. The summed E-state index contributed by atoms with van der Waals surface area (Å²) >= 11 is 1.23. The van der Waals surface area contributed by atoms with E-state index in [4.69, 9.17) is 9.15 Å². The van der Waals surface area contributed by atoms with Gasteiger partial charge in [-0.2, -0.15) is 0 Å². The Morgan fingerprint density at radius 2 is 2.07 bits per heavy atom. The Morgan fingerprint density at radius 1 is 1.21 bits per heavy atom. The van der Waals surface area contributed by atoms with Crippen LogP contribution in [-0.4, -0.2) is 53.0 Å². The molecular weight excluding hydrogens is 394 g/mol. The molecule has 0 saturated carbocycles. The van der Waals surface area contributed by atoms with Crippen LogP contribution in [0.1, 0.15) is 5.76 Å². The van der Waals surface area contributed by atoms with Crippen molar-refractivity contribution in [2.24, 2.45) is 0 Å². The lowest BCUT2D eigenvalue weighted by molar-refractivity contribution is -0.124. The summed E-state index contributed by atoms with van der Waals surface area (Å²) in [4.78, 5) is 23.3. The van der Waals surface area contributed by atoms with E-state index in [9.17, 15) is 9.59 Å². The Kier molecular flexibility index (Phi) is 6.90. The van der Waals surface area contributed by atoms with E-state index in [1.54, 1.807) is 13.4 Å². The number of likely N-dealkylation sites (N-methyl/N-ethyl adjacent to an activating group) is 1. The molecule has 0 aliphatic carbocycles. The number of ether oxygens (including phenoxy) is 1. The van der Waals surface area contributed by atoms with Gasteiger partial charge in [-0.25, -0.2) is 0 Å². The molecule has 3 rings (SSSR count). The zero-order valence-electron chi connectivity index (χ0n) is 16.0. The number of amides is 2. The average Bonchev–Trinajstić information content (AvgIpc) is 3.41. The summed E-state index contributed by atoms with van der Waals surface area (Å²) in [5.74, 6) is 1.65. The SMILES string of the molecule is CNC(=O)CNC(=O)CSc1nnc(-c2cccc(OC)c2)n1Cc1ccco1. The largest absolute Gasteiger partial charge is 0.497 e. The van der Waals surface area contributed by atoms with Gasteiger partial charge in [0, 0.05) is 12.6 Å². The van der Waals surface area contributed by atoms with Crippen LogP contribution in [0.3, 0.4) is 0 Å². The normalized spacial score (nSPS) is 10.6. The molecule has 0 spiro atoms. The molecule has 1 aromatic carbocycles. The van der Waals surface area contributed by atoms with E-state index in [1.807, 2.05) is 41.0 Å². The van der Waals surface area contributed by atoms with Gasteiger partial charge in [0.25, 0.3) is 0 Å². The Labute approximate surface area is 171 Å². The molecule has 0 saturated heterocycles. The number of hydrogen-bond donors (Lipinski definition) is 2. The molecule has 0 atom stereocenters. The minimum absolute atomic E-state index is 0.0654. The number of methoxy groups -OCH3 is 1. The number of aromatic nitrogens is 3. The number of nitrogens with zero attached hydrogens (tertiary/aromatic N) is 3. The number of hydrogen-bond acceptors (Lipinski definition) is 7. The predicted molar refractivity (Wildman–Crippen MR) is 108 cm³/mol. The average molecular weight is 415 g/mol. The van der Waals surface area contributed by atoms with Crippen LogP contribution in [-0.2, 0) is 16.1 Å². The quantitative estimate of drug-likeness (QED) is 0.510. The van der Waals surface area contributed by atoms with Crippen LogP contribution >= 0.6 is 11.8 Å². The molecule has 0 unspecified atom stereocenters. The summed E-state index contributed by atoms with van der Waals surface area (Å²) < 4.78 is 12.6. The molecule has 0 aliphatic rings. The second-order valence-electron chi connectivity index (χ2n) is 5.94. The van der Waals surface area contributed by atoms with Crippen LogP contribution in [0, 0.1) is 0 Å². The molecule has 2 heterocycles. The first-order valence-electron chi connectivity index (χ1n) is 8.80. The van der Waals surface area contributed by atoms with E-state index in [1.165, 1.54) is 18.8 Å². The Bertz CT molecular complexity index is 971. The molecule has 2 aromatic heterocycles. The standard InChI is InChI=1S/C19H21N5O4S/c1-20-16(25)10-21-17(26)12-29-19-23-22-18(13-5-3-6-14(9-13)27-2)24(19)11-15-7-4-8-28-15/h3-9H,10-12H2,1-2H3,(H,20,25)(H,21,26). The molecule has 2 amide bonds. The number of carbonyl (C=O) groups excluding carboxylic acids is 2. The molecule has 2 N–H and O–H groups in total. The fraction of sp³-hybridized carbons (Fsp3) is 0.263. The van der Waals surface area contributed by atoms with Gasteiger partial charge in [-0.3, -0.25) is 14.2 Å². The Hall–Kier alpha value is -3.27. The highest BCUT2D eigenvalue weighted by Gasteiger charge is 2.17. The number of furan rings is 1. The van der Waals surface area contributed by atoms with Crippen molar-refractivity contribution in [2.75, 3.05) is 26.5 Å². The third-order valence-electron chi connectivity index (χ3n) is 4.00. The van der Waals surface area contributed by atoms with Crippen molar-refractivity contribution in [3.05, 3.63) is 48.4 Å². The van der Waals surface area contributed by atoms with E-state index in [0.29, 0.717) is 23.3 Å². The van der Waals surface area contributed by atoms with Crippen LogP contribution in [0.15, 0.2) is 52.2 Å². The second kappa shape index (κ2) is 9.78. The predicted octanol–water partition coefficient (Wildman–Crippen LogP) is 1.55. The summed E-state index contributed by atoms with van der Waals surface area (Å²) in [6.07, 6.45) is 1.60. The molecule has 10 heteroatoms. The van der Waals surface area contributed by atoms with Gasteiger partial charge in [-0.1, -0.05) is 23.9 Å². The van der Waals surface area contributed by atoms with Gasteiger partial charge in [0.2, 0.25) is 11.8 Å². The maximum Gasteiger partial charge on any atom is 0.239 e. The number of thioether (sulfide) groups is 1. The van der Waals surface area contributed by atoms with Crippen LogP contribution in [0.2, 0.25) is 0 Å². The van der Waals surface area contributed by atoms with Crippen molar-refractivity contribution in [3.63, 3.8) is 0 Å². The third kappa shape index (κ3) is 5.38. The topological polar surface area (TPSA) is 111 Å². The fourth-order valence-corrected chi connectivity index (χ4v) is 3.29. The van der Waals surface area contributed by atoms with Crippen LogP contribution in [0.25, 0.3) is 11.4 Å². The van der Waals surface area contributed by atoms with Crippen LogP contribution < -0.4 is 15.4 Å². The van der Waals surface area contributed by atoms with Crippen molar-refractivity contribution in [1.82, 2.24) is 25.4 Å². The van der Waals surface area contributed by atoms with E-state index < -0.39 is 0 Å². The monoisotopic (exact) mass is 415 g/mol. The van der Waals surface area contributed by atoms with Crippen molar-refractivity contribution in [3.8, 4) is 17.1 Å². The molecule has 0 aliphatic heterocycles. The van der Waals surface area contributed by atoms with Crippen molar-refractivity contribution in [2.45, 2.75) is 11.7 Å². The summed E-state index contributed by atoms with van der Waals surface area (Å²) in [5, 5.41) is 14.1. The van der Waals surface area contributed by atoms with Crippen LogP contribution in [0.4, 0.5) is 0 Å². The smallest absolute Gasteiger partial charge is 0.239 e. The molecule has 3 aromatic rings. The first kappa shape index (κ1) is 20.5. The molecule has 0 bridgehead atoms. The maximum atomic E-state index is 12.0. The summed E-state index contributed by atoms with van der Waals surface area (Å²) in [5.41, 5.74) is 0.833. The summed E-state index contributed by atoms with van der Waals surface area (Å²) in [7, 11) is 3.12. The zero-order chi connectivity index (χ0) is 20.6. The van der Waals surface area contributed by atoms with Gasteiger partial charge >= 0.3 is 0 Å². The van der Waals surface area contributed by atoms with Crippen molar-refractivity contribution in [1.29, 1.82) is 0 Å². The molecule has 9 nitrogen and oxygen atoms in total. The van der Waals surface area contributed by atoms with Crippen molar-refractivity contribution < 1.29 is 18.7 Å². The number of nitrogens with one attached hydrogen (secondary N) is 2. The lowest BCUT2D eigenvalue weighted by atomic mass is 10.2. The first-order valence-corrected chi connectivity index (χ1v) is 9.79. The minimum atomic E-state index is -0.269. The van der Waals surface area contributed by atoms with E-state index in [0.717, 1.165) is 11.3 Å². The lowest BCUT2D eigenvalue weighted by Gasteiger charge is -2.10. The fourth-order valence-electron chi connectivity index (χ4n) is 2.52. The highest BCUT2D eigenvalue weighted by atomic mass is 32.2. The summed E-state index contributed by atoms with van der Waals surface area (Å²) in [6, 6.07) is 11.2. The molecule has 0 fully saturated rings. The number of carbonyl (C=O) groups is 2. The molecule has 0 radical (unpaired) electrons. The number of rotatable bonds is 9. The maximum absolute atomic E-state index is 12.0.